The first kappa shape index (κ1) is 16.7. The molecule has 0 aromatic heterocycles. The monoisotopic (exact) mass is 414 g/mol. The summed E-state index contributed by atoms with van der Waals surface area (Å²) < 4.78 is 0.702. The van der Waals surface area contributed by atoms with Gasteiger partial charge in [-0.3, -0.25) is 9.69 Å². The summed E-state index contributed by atoms with van der Waals surface area (Å²) in [5.41, 5.74) is 2.76. The molecule has 2 aliphatic heterocycles. The first-order valence-corrected chi connectivity index (χ1v) is 8.98. The number of hydrogen-bond acceptors (Lipinski definition) is 4. The van der Waals surface area contributed by atoms with Crippen molar-refractivity contribution in [3.63, 3.8) is 0 Å². The molecule has 0 spiro atoms. The van der Waals surface area contributed by atoms with Crippen LogP contribution >= 0.6 is 15.9 Å². The topological polar surface area (TPSA) is 86.8 Å². The maximum atomic E-state index is 12.9. The Labute approximate surface area is 158 Å². The molecule has 0 bridgehead atoms. The maximum absolute atomic E-state index is 12.9. The van der Waals surface area contributed by atoms with Gasteiger partial charge in [0.2, 0.25) is 5.71 Å². The molecule has 4 rings (SSSR count). The van der Waals surface area contributed by atoms with Crippen molar-refractivity contribution in [2.45, 2.75) is 12.5 Å². The SMILES string of the molecule is O=C1C(Cc2ccc(O)cc2)NC2=C(Br)[NH+]=C(c3ccc(O)cc3)CN12. The number of nitrogens with one attached hydrogen (secondary N) is 2. The molecule has 4 N–H and O–H groups in total. The van der Waals surface area contributed by atoms with Gasteiger partial charge in [-0.1, -0.05) is 12.1 Å². The first-order valence-electron chi connectivity index (χ1n) is 8.19. The van der Waals surface area contributed by atoms with E-state index in [9.17, 15) is 15.0 Å². The minimum atomic E-state index is -0.358. The van der Waals surface area contributed by atoms with Gasteiger partial charge in [0.05, 0.1) is 0 Å². The molecule has 7 heteroatoms. The van der Waals surface area contributed by atoms with Crippen LogP contribution < -0.4 is 10.3 Å². The van der Waals surface area contributed by atoms with Crippen molar-refractivity contribution in [1.82, 2.24) is 10.2 Å². The van der Waals surface area contributed by atoms with E-state index in [-0.39, 0.29) is 23.4 Å². The normalized spacial score (nSPS) is 19.3. The summed E-state index contributed by atoms with van der Waals surface area (Å²) in [4.78, 5) is 17.9. The van der Waals surface area contributed by atoms with Crippen molar-refractivity contribution in [3.8, 4) is 11.5 Å². The Kier molecular flexibility index (Phi) is 4.16. The smallest absolute Gasteiger partial charge is 0.287 e. The largest absolute Gasteiger partial charge is 0.508 e. The molecule has 1 amide bonds. The van der Waals surface area contributed by atoms with E-state index in [4.69, 9.17) is 0 Å². The standard InChI is InChI=1S/C19H16BrN3O3/c20-17-18-22-15(9-11-1-5-13(24)6-2-11)19(26)23(18)10-16(21-17)12-3-7-14(25)8-4-12/h1-8,15,22,24-25H,9-10H2/p+1. The summed E-state index contributed by atoms with van der Waals surface area (Å²) in [7, 11) is 0. The molecule has 2 aromatic carbocycles. The Morgan fingerprint density at radius 3 is 2.35 bits per heavy atom. The number of benzene rings is 2. The quantitative estimate of drug-likeness (QED) is 0.552. The van der Waals surface area contributed by atoms with E-state index in [0.29, 0.717) is 17.6 Å². The Morgan fingerprint density at radius 2 is 1.69 bits per heavy atom. The summed E-state index contributed by atoms with van der Waals surface area (Å²) >= 11 is 3.51. The van der Waals surface area contributed by atoms with Crippen LogP contribution in [0.3, 0.4) is 0 Å². The van der Waals surface area contributed by atoms with E-state index in [1.165, 1.54) is 0 Å². The average molecular weight is 415 g/mol. The lowest BCUT2D eigenvalue weighted by molar-refractivity contribution is -0.386. The van der Waals surface area contributed by atoms with Gasteiger partial charge in [-0.25, -0.2) is 0 Å². The maximum Gasteiger partial charge on any atom is 0.287 e. The fraction of sp³-hybridized carbons (Fsp3) is 0.158. The van der Waals surface area contributed by atoms with Crippen molar-refractivity contribution in [2.75, 3.05) is 6.54 Å². The zero-order chi connectivity index (χ0) is 18.3. The third-order valence-electron chi connectivity index (χ3n) is 4.52. The Morgan fingerprint density at radius 1 is 1.08 bits per heavy atom. The van der Waals surface area contributed by atoms with Gasteiger partial charge in [0, 0.05) is 27.9 Å². The molecule has 132 valence electrons. The van der Waals surface area contributed by atoms with Crippen LogP contribution in [0.4, 0.5) is 0 Å². The van der Waals surface area contributed by atoms with Gasteiger partial charge in [0.1, 0.15) is 24.1 Å². The highest BCUT2D eigenvalue weighted by molar-refractivity contribution is 9.11. The molecule has 0 saturated carbocycles. The lowest BCUT2D eigenvalue weighted by Gasteiger charge is -2.18. The third-order valence-corrected chi connectivity index (χ3v) is 5.10. The predicted octanol–water partition coefficient (Wildman–Crippen LogP) is 0.546. The second kappa shape index (κ2) is 6.49. The van der Waals surface area contributed by atoms with Crippen molar-refractivity contribution in [1.29, 1.82) is 0 Å². The third kappa shape index (κ3) is 3.06. The number of hydrogen-bond donors (Lipinski definition) is 4. The highest BCUT2D eigenvalue weighted by atomic mass is 79.9. The van der Waals surface area contributed by atoms with Gasteiger partial charge in [-0.2, -0.15) is 4.99 Å². The zero-order valence-corrected chi connectivity index (χ0v) is 15.3. The van der Waals surface area contributed by atoms with Crippen molar-refractivity contribution in [2.24, 2.45) is 0 Å². The van der Waals surface area contributed by atoms with Crippen LogP contribution in [-0.4, -0.2) is 39.3 Å². The van der Waals surface area contributed by atoms with E-state index in [0.717, 1.165) is 22.7 Å². The molecule has 1 saturated heterocycles. The zero-order valence-electron chi connectivity index (χ0n) is 13.7. The molecule has 0 radical (unpaired) electrons. The average Bonchev–Trinajstić information content (AvgIpc) is 2.94. The number of halogens is 1. The fourth-order valence-corrected chi connectivity index (χ4v) is 3.73. The van der Waals surface area contributed by atoms with Crippen LogP contribution in [0.25, 0.3) is 0 Å². The molecular formula is C19H17BrN3O3+. The van der Waals surface area contributed by atoms with E-state index < -0.39 is 0 Å². The molecule has 2 heterocycles. The number of rotatable bonds is 3. The summed E-state index contributed by atoms with van der Waals surface area (Å²) in [5.74, 6) is 1.14. The molecule has 2 aliphatic rings. The molecule has 0 aliphatic carbocycles. The van der Waals surface area contributed by atoms with Crippen molar-refractivity contribution >= 4 is 27.5 Å². The fourth-order valence-electron chi connectivity index (χ4n) is 3.16. The molecule has 26 heavy (non-hydrogen) atoms. The van der Waals surface area contributed by atoms with Gasteiger partial charge in [-0.05, 0) is 42.0 Å². The molecule has 1 unspecified atom stereocenters. The molecule has 1 fully saturated rings. The number of phenolic OH excluding ortho intramolecular Hbond substituents is 2. The Balaban J connectivity index is 1.55. The number of carbonyl (C=O) groups is 1. The lowest BCUT2D eigenvalue weighted by Crippen LogP contribution is -2.75. The Bertz CT molecular complexity index is 920. The van der Waals surface area contributed by atoms with E-state index >= 15 is 0 Å². The van der Waals surface area contributed by atoms with Crippen LogP contribution in [0.15, 0.2) is 59.0 Å². The van der Waals surface area contributed by atoms with Crippen molar-refractivity contribution < 1.29 is 20.0 Å². The molecule has 1 atom stereocenters. The van der Waals surface area contributed by atoms with Crippen LogP contribution in [0.5, 0.6) is 11.5 Å². The van der Waals surface area contributed by atoms with Gasteiger partial charge < -0.3 is 15.5 Å². The number of amides is 1. The number of phenols is 2. The number of fused-ring (bicyclic) bond motifs is 1. The van der Waals surface area contributed by atoms with E-state index in [1.54, 1.807) is 29.2 Å². The van der Waals surface area contributed by atoms with Gasteiger partial charge in [0.15, 0.2) is 5.82 Å². The lowest BCUT2D eigenvalue weighted by atomic mass is 10.1. The summed E-state index contributed by atoms with van der Waals surface area (Å²) in [6.45, 7) is 0.424. The van der Waals surface area contributed by atoms with Crippen molar-refractivity contribution in [3.05, 3.63) is 70.1 Å². The van der Waals surface area contributed by atoms with Crippen LogP contribution in [0, 0.1) is 0 Å². The predicted molar refractivity (Wildman–Crippen MR) is 99.6 cm³/mol. The summed E-state index contributed by atoms with van der Waals surface area (Å²) in [5, 5.41) is 22.1. The highest BCUT2D eigenvalue weighted by Crippen LogP contribution is 2.23. The Hall–Kier alpha value is -2.80. The highest BCUT2D eigenvalue weighted by Gasteiger charge is 2.42. The van der Waals surface area contributed by atoms with E-state index in [2.05, 4.69) is 26.2 Å². The molecule has 6 nitrogen and oxygen atoms in total. The molecule has 2 aromatic rings. The first-order chi connectivity index (χ1) is 12.5. The van der Waals surface area contributed by atoms with Gasteiger partial charge in [-0.15, -0.1) is 0 Å². The van der Waals surface area contributed by atoms with E-state index in [1.807, 2.05) is 24.3 Å². The van der Waals surface area contributed by atoms with Gasteiger partial charge in [0.25, 0.3) is 10.5 Å². The number of carbonyl (C=O) groups excluding carboxylic acids is 1. The molecular weight excluding hydrogens is 398 g/mol. The van der Waals surface area contributed by atoms with Crippen LogP contribution in [0.1, 0.15) is 11.1 Å². The number of aromatic hydroxyl groups is 2. The second-order valence-corrected chi connectivity index (χ2v) is 7.10. The van der Waals surface area contributed by atoms with Crippen LogP contribution in [-0.2, 0) is 11.2 Å². The van der Waals surface area contributed by atoms with Gasteiger partial charge >= 0.3 is 0 Å². The minimum Gasteiger partial charge on any atom is -0.508 e. The minimum absolute atomic E-state index is 0.00260. The number of nitrogens with zero attached hydrogens (tertiary/aromatic N) is 1. The summed E-state index contributed by atoms with van der Waals surface area (Å²) in [6, 6.07) is 13.4. The van der Waals surface area contributed by atoms with Crippen LogP contribution in [0.2, 0.25) is 0 Å². The second-order valence-electron chi connectivity index (χ2n) is 6.30. The summed E-state index contributed by atoms with van der Waals surface area (Å²) in [6.07, 6.45) is 0.536.